The molecule has 2 heterocycles. The second-order valence-corrected chi connectivity index (χ2v) is 12.8. The van der Waals surface area contributed by atoms with E-state index in [-0.39, 0.29) is 38.2 Å². The summed E-state index contributed by atoms with van der Waals surface area (Å²) in [5, 5.41) is 13.2. The topological polar surface area (TPSA) is 163 Å². The molecule has 12 nitrogen and oxygen atoms in total. The Morgan fingerprint density at radius 1 is 0.894 bits per heavy atom. The van der Waals surface area contributed by atoms with Gasteiger partial charge in [-0.05, 0) is 42.5 Å². The lowest BCUT2D eigenvalue weighted by molar-refractivity contribution is -0.167. The Balaban J connectivity index is 1.22. The van der Waals surface area contributed by atoms with Gasteiger partial charge in [0.2, 0.25) is 17.7 Å². The number of carbonyl (C=O) groups excluding carboxylic acids is 5. The number of nitrogens with one attached hydrogen (secondary N) is 4. The highest BCUT2D eigenvalue weighted by molar-refractivity contribution is 6.20. The summed E-state index contributed by atoms with van der Waals surface area (Å²) >= 11 is 0. The molecule has 1 saturated carbocycles. The molecule has 5 amide bonds. The lowest BCUT2D eigenvalue weighted by Gasteiger charge is -2.55. The number of piperidine rings is 1. The third-order valence-electron chi connectivity index (χ3n) is 8.49. The Morgan fingerprint density at radius 2 is 1.51 bits per heavy atom. The molecule has 1 aromatic heterocycles. The quantitative estimate of drug-likeness (QED) is 0.247. The molecule has 1 saturated heterocycles. The van der Waals surface area contributed by atoms with Crippen molar-refractivity contribution in [1.82, 2.24) is 15.5 Å². The molecule has 3 atom stereocenters. The molecule has 4 N–H and O–H groups in total. The molecular formula is C32H33F3N6O6. The van der Waals surface area contributed by atoms with Crippen molar-refractivity contribution in [3.05, 3.63) is 71.8 Å². The number of fused-ring (bicyclic) bond motifs is 2. The van der Waals surface area contributed by atoms with Gasteiger partial charge in [0.1, 0.15) is 12.4 Å². The molecule has 47 heavy (non-hydrogen) atoms. The summed E-state index contributed by atoms with van der Waals surface area (Å²) in [6.45, 7) is 5.31. The molecular weight excluding hydrogens is 621 g/mol. The van der Waals surface area contributed by atoms with E-state index < -0.39 is 58.0 Å². The minimum absolute atomic E-state index is 0.0826. The number of hydrogen-bond acceptors (Lipinski definition) is 7. The number of aromatic amines is 1. The zero-order chi connectivity index (χ0) is 34.2. The first-order valence-electron chi connectivity index (χ1n) is 14.7. The van der Waals surface area contributed by atoms with Crippen LogP contribution in [0.3, 0.4) is 0 Å². The summed E-state index contributed by atoms with van der Waals surface area (Å²) in [7, 11) is 0. The molecule has 2 fully saturated rings. The number of aromatic nitrogens is 2. The van der Waals surface area contributed by atoms with Crippen molar-refractivity contribution >= 4 is 47.0 Å². The highest BCUT2D eigenvalue weighted by Gasteiger charge is 2.64. The first-order valence-corrected chi connectivity index (χ1v) is 14.7. The van der Waals surface area contributed by atoms with Crippen LogP contribution in [0.2, 0.25) is 0 Å². The van der Waals surface area contributed by atoms with Gasteiger partial charge in [-0.15, -0.1) is 0 Å². The summed E-state index contributed by atoms with van der Waals surface area (Å²) in [5.74, 6) is -4.65. The molecule has 0 radical (unpaired) electrons. The number of alkyl halides is 3. The number of anilines is 3. The third-order valence-corrected chi connectivity index (χ3v) is 8.49. The van der Waals surface area contributed by atoms with Crippen LogP contribution >= 0.6 is 0 Å². The zero-order valence-corrected chi connectivity index (χ0v) is 25.8. The maximum atomic E-state index is 13.7. The number of carbonyl (C=O) groups is 5. The Bertz CT molecular complexity index is 1680. The predicted octanol–water partition coefficient (Wildman–Crippen LogP) is 5.05. The first kappa shape index (κ1) is 33.2. The van der Waals surface area contributed by atoms with Crippen molar-refractivity contribution in [2.45, 2.75) is 59.4 Å². The molecule has 3 aromatic rings. The molecule has 0 spiro atoms. The number of nitrogens with zero attached hydrogens (tertiary/aromatic N) is 2. The molecule has 2 aliphatic rings. The second-order valence-electron chi connectivity index (χ2n) is 12.8. The number of amides is 5. The fourth-order valence-corrected chi connectivity index (χ4v) is 6.69. The first-order chi connectivity index (χ1) is 22.0. The van der Waals surface area contributed by atoms with E-state index in [2.05, 4.69) is 20.8 Å². The Hall–Kier alpha value is -5.21. The van der Waals surface area contributed by atoms with Gasteiger partial charge in [0.05, 0.1) is 0 Å². The van der Waals surface area contributed by atoms with E-state index in [0.717, 1.165) is 22.1 Å². The van der Waals surface area contributed by atoms with Crippen molar-refractivity contribution in [1.29, 1.82) is 0 Å². The maximum absolute atomic E-state index is 13.7. The molecule has 5 rings (SSSR count). The van der Waals surface area contributed by atoms with Gasteiger partial charge in [-0.3, -0.25) is 24.3 Å². The molecule has 2 aromatic carbocycles. The van der Waals surface area contributed by atoms with E-state index >= 15 is 0 Å². The minimum atomic E-state index is -5.15. The Kier molecular flexibility index (Phi) is 8.60. The van der Waals surface area contributed by atoms with Crippen molar-refractivity contribution in [2.75, 3.05) is 15.5 Å². The van der Waals surface area contributed by atoms with Crippen LogP contribution in [0.4, 0.5) is 35.3 Å². The molecule has 1 aliphatic heterocycles. The molecule has 248 valence electrons. The second kappa shape index (κ2) is 12.2. The van der Waals surface area contributed by atoms with Crippen molar-refractivity contribution in [3.63, 3.8) is 0 Å². The van der Waals surface area contributed by atoms with E-state index in [4.69, 9.17) is 4.74 Å². The van der Waals surface area contributed by atoms with Crippen LogP contribution in [0, 0.1) is 16.2 Å². The molecule has 15 heteroatoms. The van der Waals surface area contributed by atoms with Crippen LogP contribution in [0.15, 0.2) is 60.7 Å². The van der Waals surface area contributed by atoms with Gasteiger partial charge < -0.3 is 20.7 Å². The Labute approximate surface area is 267 Å². The number of benzene rings is 2. The van der Waals surface area contributed by atoms with E-state index in [1.807, 2.05) is 30.3 Å². The summed E-state index contributed by atoms with van der Waals surface area (Å²) < 4.78 is 43.3. The highest BCUT2D eigenvalue weighted by Crippen LogP contribution is 2.59. The molecule has 2 bridgehead atoms. The number of halogens is 3. The average Bonchev–Trinajstić information content (AvgIpc) is 3.46. The van der Waals surface area contributed by atoms with Gasteiger partial charge in [-0.25, -0.2) is 9.69 Å². The number of rotatable bonds is 8. The van der Waals surface area contributed by atoms with Gasteiger partial charge in [0.25, 0.3) is 0 Å². The number of ether oxygens (including phenoxy) is 1. The van der Waals surface area contributed by atoms with E-state index in [0.29, 0.717) is 5.69 Å². The van der Waals surface area contributed by atoms with Crippen LogP contribution in [0.1, 0.15) is 51.2 Å². The molecule has 1 aliphatic carbocycles. The fraction of sp³-hybridized carbons (Fsp3) is 0.375. The fourth-order valence-electron chi connectivity index (χ4n) is 6.69. The van der Waals surface area contributed by atoms with Crippen LogP contribution in [0.5, 0.6) is 0 Å². The van der Waals surface area contributed by atoms with Gasteiger partial charge >= 0.3 is 18.2 Å². The van der Waals surface area contributed by atoms with Crippen molar-refractivity contribution in [2.24, 2.45) is 16.2 Å². The number of H-pyrrole nitrogens is 1. The number of hydrogen-bond donors (Lipinski definition) is 4. The largest absolute Gasteiger partial charge is 0.471 e. The van der Waals surface area contributed by atoms with Gasteiger partial charge in [0.15, 0.2) is 5.82 Å². The summed E-state index contributed by atoms with van der Waals surface area (Å²) in [5.41, 5.74) is -1.43. The van der Waals surface area contributed by atoms with Crippen LogP contribution in [-0.4, -0.2) is 46.1 Å². The van der Waals surface area contributed by atoms with Crippen LogP contribution in [-0.2, 0) is 37.1 Å². The van der Waals surface area contributed by atoms with Crippen molar-refractivity contribution < 1.29 is 41.9 Å². The third kappa shape index (κ3) is 6.98. The average molecular weight is 655 g/mol. The maximum Gasteiger partial charge on any atom is 0.471 e. The highest BCUT2D eigenvalue weighted by atomic mass is 19.4. The summed E-state index contributed by atoms with van der Waals surface area (Å²) in [4.78, 5) is 65.4. The number of imide groups is 1. The molecule has 1 unspecified atom stereocenters. The van der Waals surface area contributed by atoms with E-state index in [9.17, 15) is 37.1 Å². The van der Waals surface area contributed by atoms with Gasteiger partial charge in [0, 0.05) is 34.5 Å². The van der Waals surface area contributed by atoms with Crippen molar-refractivity contribution in [3.8, 4) is 0 Å². The lowest BCUT2D eigenvalue weighted by Crippen LogP contribution is -2.65. The van der Waals surface area contributed by atoms with E-state index in [1.54, 1.807) is 50.4 Å². The summed E-state index contributed by atoms with van der Waals surface area (Å²) in [6.07, 6.45) is -5.40. The minimum Gasteiger partial charge on any atom is -0.445 e. The number of alkyl carbamates (subject to hydrolysis) is 1. The smallest absolute Gasteiger partial charge is 0.445 e. The zero-order valence-electron chi connectivity index (χ0n) is 25.8. The monoisotopic (exact) mass is 654 g/mol. The predicted molar refractivity (Wildman–Crippen MR) is 162 cm³/mol. The Morgan fingerprint density at radius 3 is 2.11 bits per heavy atom. The normalized spacial score (nSPS) is 24.0. The van der Waals surface area contributed by atoms with Crippen LogP contribution < -0.4 is 20.9 Å². The lowest BCUT2D eigenvalue weighted by atomic mass is 9.51. The SMILES string of the molecule is CC1(C(=O)Nc2ccc(CNC(=O)OCc3ccccc3)cc2)C[C@@]2(C)C[C@@](C)(C1)C(=O)N(c1cc(NC(=O)C(F)(F)F)[nH]n1)C2=O. The van der Waals surface area contributed by atoms with Gasteiger partial charge in [-0.2, -0.15) is 18.3 Å². The van der Waals surface area contributed by atoms with E-state index in [1.165, 1.54) is 0 Å². The summed E-state index contributed by atoms with van der Waals surface area (Å²) in [6, 6.07) is 17.0. The van der Waals surface area contributed by atoms with Crippen LogP contribution in [0.25, 0.3) is 0 Å². The standard InChI is InChI=1S/C32H33F3N6O6/c1-29(24(42)37-21-11-9-19(10-12-21)14-36-28(46)47-15-20-7-5-4-6-8-20)16-30(2)18-31(3,17-29)27(45)41(26(30)44)23-13-22(39-40-23)38-25(43)32(33,34)35/h4-13H,14-18H2,1-3H3,(H,36,46)(H,37,42)(H2,38,39,40,43)/t29?,30-,31+. The van der Waals surface area contributed by atoms with Gasteiger partial charge in [-0.1, -0.05) is 63.2 Å².